The third-order valence-electron chi connectivity index (χ3n) is 3.52. The monoisotopic (exact) mass is 253 g/mol. The molecule has 1 aromatic heterocycles. The van der Waals surface area contributed by atoms with Gasteiger partial charge in [0.1, 0.15) is 18.1 Å². The smallest absolute Gasteiger partial charge is 0.129 e. The van der Waals surface area contributed by atoms with Crippen LogP contribution in [0.15, 0.2) is 16.5 Å². The summed E-state index contributed by atoms with van der Waals surface area (Å²) in [6.07, 6.45) is 3.69. The van der Waals surface area contributed by atoms with Gasteiger partial charge in [-0.2, -0.15) is 0 Å². The Bertz CT molecular complexity index is 358. The van der Waals surface area contributed by atoms with Crippen LogP contribution in [0.4, 0.5) is 0 Å². The minimum Gasteiger partial charge on any atom is -0.462 e. The zero-order valence-corrected chi connectivity index (χ0v) is 11.2. The van der Waals surface area contributed by atoms with Crippen molar-refractivity contribution in [3.05, 3.63) is 23.7 Å². The van der Waals surface area contributed by atoms with E-state index in [1.807, 2.05) is 19.1 Å². The first-order valence-electron chi connectivity index (χ1n) is 6.67. The summed E-state index contributed by atoms with van der Waals surface area (Å²) in [5.74, 6) is 2.37. The van der Waals surface area contributed by atoms with Crippen LogP contribution in [0.25, 0.3) is 0 Å². The van der Waals surface area contributed by atoms with Crippen LogP contribution in [0, 0.1) is 5.92 Å². The minimum atomic E-state index is -0.0109. The zero-order chi connectivity index (χ0) is 13.0. The maximum absolute atomic E-state index is 6.16. The van der Waals surface area contributed by atoms with Crippen LogP contribution in [0.1, 0.15) is 43.7 Å². The van der Waals surface area contributed by atoms with Crippen LogP contribution in [-0.4, -0.2) is 19.8 Å². The van der Waals surface area contributed by atoms with E-state index in [0.717, 1.165) is 37.4 Å². The number of ether oxygens (including phenoxy) is 2. The Kier molecular flexibility index (Phi) is 4.80. The van der Waals surface area contributed by atoms with Gasteiger partial charge in [-0.1, -0.05) is 0 Å². The summed E-state index contributed by atoms with van der Waals surface area (Å²) in [6.45, 7) is 3.35. The summed E-state index contributed by atoms with van der Waals surface area (Å²) in [5.41, 5.74) is 6.16. The predicted octanol–water partition coefficient (Wildman–Crippen LogP) is 2.63. The molecule has 0 spiro atoms. The van der Waals surface area contributed by atoms with Gasteiger partial charge < -0.3 is 19.6 Å². The maximum atomic E-state index is 6.16. The lowest BCUT2D eigenvalue weighted by molar-refractivity contribution is -0.0286. The van der Waals surface area contributed by atoms with E-state index < -0.39 is 0 Å². The molecule has 4 nitrogen and oxygen atoms in total. The highest BCUT2D eigenvalue weighted by Crippen LogP contribution is 2.36. The van der Waals surface area contributed by atoms with E-state index in [9.17, 15) is 0 Å². The molecule has 0 bridgehead atoms. The van der Waals surface area contributed by atoms with Crippen LogP contribution in [0.3, 0.4) is 0 Å². The first-order chi connectivity index (χ1) is 8.72. The van der Waals surface area contributed by atoms with E-state index in [0.29, 0.717) is 18.6 Å². The molecule has 102 valence electrons. The van der Waals surface area contributed by atoms with Crippen molar-refractivity contribution >= 4 is 0 Å². The highest BCUT2D eigenvalue weighted by atomic mass is 16.5. The summed E-state index contributed by atoms with van der Waals surface area (Å²) in [6, 6.07) is 3.88. The van der Waals surface area contributed by atoms with E-state index >= 15 is 0 Å². The number of rotatable bonds is 7. The number of hydrogen-bond acceptors (Lipinski definition) is 4. The van der Waals surface area contributed by atoms with Gasteiger partial charge in [-0.3, -0.25) is 0 Å². The third-order valence-corrected chi connectivity index (χ3v) is 3.52. The number of methoxy groups -OCH3 is 1. The normalized spacial score (nSPS) is 24.8. The Hall–Kier alpha value is -0.840. The van der Waals surface area contributed by atoms with Gasteiger partial charge in [0.2, 0.25) is 0 Å². The quantitative estimate of drug-likeness (QED) is 0.811. The van der Waals surface area contributed by atoms with Gasteiger partial charge in [0.25, 0.3) is 0 Å². The number of hydrogen-bond donors (Lipinski definition) is 1. The Balaban J connectivity index is 1.76. The summed E-state index contributed by atoms with van der Waals surface area (Å²) in [5, 5.41) is 0. The standard InChI is InChI=1S/C14H23NO3/c1-3-17-12-6-10(7-12)8-13(15)14-5-4-11(18-14)9-16-2/h4-5,10,12-13H,3,6-9,15H2,1-2H3. The average molecular weight is 253 g/mol. The molecule has 2 rings (SSSR count). The molecule has 2 N–H and O–H groups in total. The van der Waals surface area contributed by atoms with Crippen molar-refractivity contribution in [3.8, 4) is 0 Å². The molecule has 0 saturated heterocycles. The molecular formula is C14H23NO3. The highest BCUT2D eigenvalue weighted by molar-refractivity contribution is 5.10. The second kappa shape index (κ2) is 6.36. The van der Waals surface area contributed by atoms with Gasteiger partial charge in [-0.25, -0.2) is 0 Å². The fourth-order valence-corrected chi connectivity index (χ4v) is 2.53. The van der Waals surface area contributed by atoms with Gasteiger partial charge in [0, 0.05) is 13.7 Å². The molecule has 4 heteroatoms. The Morgan fingerprint density at radius 2 is 2.22 bits per heavy atom. The molecule has 0 aromatic carbocycles. The van der Waals surface area contributed by atoms with Crippen LogP contribution in [-0.2, 0) is 16.1 Å². The van der Waals surface area contributed by atoms with Gasteiger partial charge in [-0.05, 0) is 44.2 Å². The molecule has 1 aromatic rings. The maximum Gasteiger partial charge on any atom is 0.129 e. The average Bonchev–Trinajstić information content (AvgIpc) is 2.75. The Morgan fingerprint density at radius 1 is 1.44 bits per heavy atom. The van der Waals surface area contributed by atoms with E-state index in [4.69, 9.17) is 19.6 Å². The molecule has 0 aliphatic heterocycles. The molecule has 1 saturated carbocycles. The molecule has 1 heterocycles. The Morgan fingerprint density at radius 3 is 2.89 bits per heavy atom. The summed E-state index contributed by atoms with van der Waals surface area (Å²) >= 11 is 0. The second-order valence-electron chi connectivity index (χ2n) is 4.99. The first-order valence-corrected chi connectivity index (χ1v) is 6.67. The largest absolute Gasteiger partial charge is 0.462 e. The highest BCUT2D eigenvalue weighted by Gasteiger charge is 2.31. The fraction of sp³-hybridized carbons (Fsp3) is 0.714. The van der Waals surface area contributed by atoms with Gasteiger partial charge in [-0.15, -0.1) is 0 Å². The topological polar surface area (TPSA) is 57.6 Å². The lowest BCUT2D eigenvalue weighted by Crippen LogP contribution is -2.33. The van der Waals surface area contributed by atoms with Crippen LogP contribution < -0.4 is 5.73 Å². The van der Waals surface area contributed by atoms with Crippen molar-refractivity contribution in [2.24, 2.45) is 11.7 Å². The minimum absolute atomic E-state index is 0.0109. The molecule has 1 fully saturated rings. The van der Waals surface area contributed by atoms with Gasteiger partial charge >= 0.3 is 0 Å². The summed E-state index contributed by atoms with van der Waals surface area (Å²) in [4.78, 5) is 0. The molecule has 18 heavy (non-hydrogen) atoms. The fourth-order valence-electron chi connectivity index (χ4n) is 2.53. The first kappa shape index (κ1) is 13.6. The van der Waals surface area contributed by atoms with Crippen molar-refractivity contribution in [1.29, 1.82) is 0 Å². The van der Waals surface area contributed by atoms with Crippen molar-refractivity contribution < 1.29 is 13.9 Å². The predicted molar refractivity (Wildman–Crippen MR) is 69.1 cm³/mol. The van der Waals surface area contributed by atoms with Crippen molar-refractivity contribution in [2.45, 2.75) is 44.9 Å². The van der Waals surface area contributed by atoms with Crippen molar-refractivity contribution in [2.75, 3.05) is 13.7 Å². The molecule has 1 atom stereocenters. The van der Waals surface area contributed by atoms with E-state index in [-0.39, 0.29) is 6.04 Å². The van der Waals surface area contributed by atoms with Crippen molar-refractivity contribution in [3.63, 3.8) is 0 Å². The number of furan rings is 1. The van der Waals surface area contributed by atoms with Gasteiger partial charge in [0.05, 0.1) is 12.1 Å². The molecule has 1 aliphatic rings. The van der Waals surface area contributed by atoms with Crippen LogP contribution in [0.2, 0.25) is 0 Å². The summed E-state index contributed by atoms with van der Waals surface area (Å²) in [7, 11) is 1.66. The second-order valence-corrected chi connectivity index (χ2v) is 4.99. The SMILES string of the molecule is CCOC1CC(CC(N)c2ccc(COC)o2)C1. The lowest BCUT2D eigenvalue weighted by atomic mass is 9.78. The molecule has 1 aliphatic carbocycles. The molecular weight excluding hydrogens is 230 g/mol. The van der Waals surface area contributed by atoms with E-state index in [2.05, 4.69) is 0 Å². The number of nitrogens with two attached hydrogens (primary N) is 1. The lowest BCUT2D eigenvalue weighted by Gasteiger charge is -2.36. The van der Waals surface area contributed by atoms with Gasteiger partial charge in [0.15, 0.2) is 0 Å². The summed E-state index contributed by atoms with van der Waals surface area (Å²) < 4.78 is 16.2. The zero-order valence-electron chi connectivity index (χ0n) is 11.2. The van der Waals surface area contributed by atoms with E-state index in [1.165, 1.54) is 0 Å². The van der Waals surface area contributed by atoms with E-state index in [1.54, 1.807) is 7.11 Å². The van der Waals surface area contributed by atoms with Crippen molar-refractivity contribution in [1.82, 2.24) is 0 Å². The molecule has 1 unspecified atom stereocenters. The molecule has 0 amide bonds. The van der Waals surface area contributed by atoms with Crippen LogP contribution in [0.5, 0.6) is 0 Å². The third kappa shape index (κ3) is 3.34. The Labute approximate surface area is 108 Å². The van der Waals surface area contributed by atoms with Crippen LogP contribution >= 0.6 is 0 Å². The molecule has 0 radical (unpaired) electrons.